The van der Waals surface area contributed by atoms with Crippen LogP contribution in [0.2, 0.25) is 0 Å². The molecule has 0 fully saturated rings. The lowest BCUT2D eigenvalue weighted by molar-refractivity contribution is -0.474. The van der Waals surface area contributed by atoms with E-state index in [4.69, 9.17) is 5.84 Å². The van der Waals surface area contributed by atoms with Crippen molar-refractivity contribution in [2.75, 3.05) is 0 Å². The molecule has 2 N–H and O–H groups in total. The molecule has 0 bridgehead atoms. The molecule has 0 heterocycles. The Morgan fingerprint density at radius 3 is 2.29 bits per heavy atom. The number of hydrogen-bond acceptors (Lipinski definition) is 1. The smallest absolute Gasteiger partial charge is 0.166 e. The van der Waals surface area contributed by atoms with Gasteiger partial charge in [0.25, 0.3) is 5.69 Å². The van der Waals surface area contributed by atoms with E-state index in [1.807, 2.05) is 0 Å². The summed E-state index contributed by atoms with van der Waals surface area (Å²) in [5.74, 6) is 4.78. The normalized spacial score (nSPS) is 11.4. The molecule has 76 valence electrons. The highest BCUT2D eigenvalue weighted by Crippen LogP contribution is 2.33. The van der Waals surface area contributed by atoms with Gasteiger partial charge in [0.05, 0.1) is 10.5 Å². The number of hydrogen-bond donors (Lipinski definition) is 1. The van der Waals surface area contributed by atoms with Gasteiger partial charge in [-0.1, -0.05) is 15.9 Å². The molecular formula is C7H5BrF3N2O+. The molecule has 14 heavy (non-hydrogen) atoms. The van der Waals surface area contributed by atoms with Crippen molar-refractivity contribution in [3.05, 3.63) is 33.1 Å². The summed E-state index contributed by atoms with van der Waals surface area (Å²) in [6.45, 7) is 0. The van der Waals surface area contributed by atoms with Crippen molar-refractivity contribution < 1.29 is 18.0 Å². The molecule has 0 amide bonds. The van der Waals surface area contributed by atoms with Crippen LogP contribution in [0.15, 0.2) is 22.7 Å². The van der Waals surface area contributed by atoms with E-state index < -0.39 is 11.7 Å². The van der Waals surface area contributed by atoms with Crippen LogP contribution in [0, 0.1) is 4.91 Å². The Morgan fingerprint density at radius 2 is 1.86 bits per heavy atom. The van der Waals surface area contributed by atoms with Crippen LogP contribution in [0.1, 0.15) is 5.56 Å². The highest BCUT2D eigenvalue weighted by molar-refractivity contribution is 9.10. The lowest BCUT2D eigenvalue weighted by Gasteiger charge is -2.05. The van der Waals surface area contributed by atoms with Gasteiger partial charge in [0.2, 0.25) is 0 Å². The van der Waals surface area contributed by atoms with Gasteiger partial charge in [-0.15, -0.1) is 0 Å². The Labute approximate surface area is 85.4 Å². The third-order valence-electron chi connectivity index (χ3n) is 1.46. The molecule has 7 heteroatoms. The standard InChI is InChI=1S/C7H5BrF3N2O/c8-5-1-4(7(9,10)11)2-6(3-5)13(12)14/h1-3H,(H2,12,14)/q+1. The van der Waals surface area contributed by atoms with Crippen LogP contribution < -0.4 is 5.84 Å². The van der Waals surface area contributed by atoms with Crippen molar-refractivity contribution in [1.29, 1.82) is 0 Å². The maximum atomic E-state index is 12.2. The van der Waals surface area contributed by atoms with Crippen LogP contribution in [0.3, 0.4) is 0 Å². The van der Waals surface area contributed by atoms with Crippen LogP contribution in [0.4, 0.5) is 18.9 Å². The Morgan fingerprint density at radius 1 is 1.29 bits per heavy atom. The number of alkyl halides is 3. The SMILES string of the molecule is N[N+](=O)c1cc(Br)cc(C(F)(F)F)c1. The number of halogens is 4. The highest BCUT2D eigenvalue weighted by Gasteiger charge is 2.32. The van der Waals surface area contributed by atoms with Gasteiger partial charge in [-0.3, -0.25) is 0 Å². The van der Waals surface area contributed by atoms with Crippen LogP contribution in [0.5, 0.6) is 0 Å². The topological polar surface area (TPSA) is 46.1 Å². The summed E-state index contributed by atoms with van der Waals surface area (Å²) in [5, 5.41) is 0. The minimum absolute atomic E-state index is 0.125. The first-order valence-corrected chi connectivity index (χ1v) is 4.20. The monoisotopic (exact) mass is 269 g/mol. The molecule has 0 saturated heterocycles. The first kappa shape index (κ1) is 11.0. The van der Waals surface area contributed by atoms with Gasteiger partial charge in [0.15, 0.2) is 4.87 Å². The highest BCUT2D eigenvalue weighted by atomic mass is 79.9. The number of nitrogens with zero attached hydrogens (tertiary/aromatic N) is 1. The molecule has 0 aromatic heterocycles. The summed E-state index contributed by atoms with van der Waals surface area (Å²) in [7, 11) is 0. The van der Waals surface area contributed by atoms with Crippen molar-refractivity contribution in [3.63, 3.8) is 0 Å². The fraction of sp³-hybridized carbons (Fsp3) is 0.143. The van der Waals surface area contributed by atoms with Crippen molar-refractivity contribution in [2.45, 2.75) is 6.18 Å². The minimum atomic E-state index is -4.49. The van der Waals surface area contributed by atoms with E-state index in [1.165, 1.54) is 6.07 Å². The molecule has 0 spiro atoms. The molecular weight excluding hydrogens is 265 g/mol. The molecule has 0 aliphatic rings. The molecule has 0 aliphatic carbocycles. The number of rotatable bonds is 1. The predicted molar refractivity (Wildman–Crippen MR) is 46.6 cm³/mol. The van der Waals surface area contributed by atoms with Gasteiger partial charge in [-0.05, 0) is 6.07 Å². The van der Waals surface area contributed by atoms with Gasteiger partial charge < -0.3 is 0 Å². The maximum absolute atomic E-state index is 12.2. The third kappa shape index (κ3) is 2.44. The van der Waals surface area contributed by atoms with Gasteiger partial charge in [0, 0.05) is 16.6 Å². The number of nitroso groups, excluding NO2 is 1. The molecule has 0 unspecified atom stereocenters. The summed E-state index contributed by atoms with van der Waals surface area (Å²) in [5.41, 5.74) is -1.18. The average molecular weight is 270 g/mol. The Bertz CT molecular complexity index is 378. The summed E-state index contributed by atoms with van der Waals surface area (Å²) in [6, 6.07) is 2.74. The fourth-order valence-corrected chi connectivity index (χ4v) is 1.35. The van der Waals surface area contributed by atoms with Crippen LogP contribution in [0.25, 0.3) is 0 Å². The lowest BCUT2D eigenvalue weighted by Crippen LogP contribution is -2.11. The Kier molecular flexibility index (Phi) is 2.79. The Balaban J connectivity index is 3.28. The van der Waals surface area contributed by atoms with E-state index in [2.05, 4.69) is 15.9 Å². The zero-order valence-electron chi connectivity index (χ0n) is 6.68. The van der Waals surface area contributed by atoms with Crippen LogP contribution >= 0.6 is 15.9 Å². The number of nitrogens with two attached hydrogens (primary N) is 1. The molecule has 0 saturated carbocycles. The second-order valence-electron chi connectivity index (χ2n) is 2.52. The molecule has 0 atom stereocenters. The zero-order valence-corrected chi connectivity index (χ0v) is 8.26. The molecule has 1 rings (SSSR count). The molecule has 3 nitrogen and oxygen atoms in total. The van der Waals surface area contributed by atoms with Crippen molar-refractivity contribution >= 4 is 21.6 Å². The quantitative estimate of drug-likeness (QED) is 0.484. The zero-order chi connectivity index (χ0) is 10.9. The first-order chi connectivity index (χ1) is 6.30. The van der Waals surface area contributed by atoms with Gasteiger partial charge in [-0.25, -0.2) is 0 Å². The second-order valence-corrected chi connectivity index (χ2v) is 3.44. The van der Waals surface area contributed by atoms with Gasteiger partial charge in [-0.2, -0.15) is 19.0 Å². The van der Waals surface area contributed by atoms with E-state index in [0.29, 0.717) is 6.07 Å². The summed E-state index contributed by atoms with van der Waals surface area (Å²) < 4.78 is 36.8. The van der Waals surface area contributed by atoms with E-state index in [0.717, 1.165) is 6.07 Å². The molecule has 1 aromatic carbocycles. The number of benzene rings is 1. The van der Waals surface area contributed by atoms with E-state index in [9.17, 15) is 18.1 Å². The van der Waals surface area contributed by atoms with Gasteiger partial charge in [0.1, 0.15) is 0 Å². The Hall–Kier alpha value is -1.11. The van der Waals surface area contributed by atoms with Gasteiger partial charge >= 0.3 is 6.18 Å². The van der Waals surface area contributed by atoms with E-state index >= 15 is 0 Å². The largest absolute Gasteiger partial charge is 0.416 e. The lowest BCUT2D eigenvalue weighted by atomic mass is 10.2. The second kappa shape index (κ2) is 3.56. The summed E-state index contributed by atoms with van der Waals surface area (Å²) in [4.78, 5) is 10.5. The fourth-order valence-electron chi connectivity index (χ4n) is 0.865. The molecule has 0 radical (unpaired) electrons. The average Bonchev–Trinajstić information content (AvgIpc) is 2.01. The minimum Gasteiger partial charge on any atom is -0.166 e. The first-order valence-electron chi connectivity index (χ1n) is 3.40. The van der Waals surface area contributed by atoms with E-state index in [1.54, 1.807) is 0 Å². The van der Waals surface area contributed by atoms with Crippen molar-refractivity contribution in [1.82, 2.24) is 0 Å². The third-order valence-corrected chi connectivity index (χ3v) is 1.92. The van der Waals surface area contributed by atoms with Crippen LogP contribution in [-0.4, -0.2) is 4.87 Å². The number of hydrazine groups is 1. The summed E-state index contributed by atoms with van der Waals surface area (Å²) in [6.07, 6.45) is -4.49. The van der Waals surface area contributed by atoms with E-state index in [-0.39, 0.29) is 15.0 Å². The summed E-state index contributed by atoms with van der Waals surface area (Å²) >= 11 is 2.85. The van der Waals surface area contributed by atoms with Crippen molar-refractivity contribution in [3.8, 4) is 0 Å². The molecule has 1 aromatic rings. The van der Waals surface area contributed by atoms with Crippen molar-refractivity contribution in [2.24, 2.45) is 5.84 Å². The molecule has 0 aliphatic heterocycles. The maximum Gasteiger partial charge on any atom is 0.416 e. The van der Waals surface area contributed by atoms with Crippen LogP contribution in [-0.2, 0) is 6.18 Å². The predicted octanol–water partition coefficient (Wildman–Crippen LogP) is 2.75.